The fourth-order valence-electron chi connectivity index (χ4n) is 2.51. The number of carbonyl (C=O) groups is 1. The summed E-state index contributed by atoms with van der Waals surface area (Å²) in [4.78, 5) is 22.1. The molecular formula is C15H15N3O. The van der Waals surface area contributed by atoms with E-state index < -0.39 is 0 Å². The van der Waals surface area contributed by atoms with Gasteiger partial charge in [-0.1, -0.05) is 30.3 Å². The zero-order valence-electron chi connectivity index (χ0n) is 10.6. The molecule has 3 rings (SSSR count). The van der Waals surface area contributed by atoms with E-state index in [2.05, 4.69) is 22.1 Å². The molecule has 0 bridgehead atoms. The molecule has 19 heavy (non-hydrogen) atoms. The van der Waals surface area contributed by atoms with Crippen molar-refractivity contribution in [1.82, 2.24) is 14.9 Å². The molecular weight excluding hydrogens is 238 g/mol. The van der Waals surface area contributed by atoms with Gasteiger partial charge in [-0.3, -0.25) is 9.78 Å². The maximum absolute atomic E-state index is 12.2. The second kappa shape index (κ2) is 5.18. The van der Waals surface area contributed by atoms with Crippen LogP contribution >= 0.6 is 0 Å². The molecule has 0 radical (unpaired) electrons. The lowest BCUT2D eigenvalue weighted by molar-refractivity contribution is 0.0784. The van der Waals surface area contributed by atoms with Crippen molar-refractivity contribution in [3.63, 3.8) is 0 Å². The molecule has 0 N–H and O–H groups in total. The second-order valence-corrected chi connectivity index (χ2v) is 4.74. The van der Waals surface area contributed by atoms with Gasteiger partial charge in [0, 0.05) is 31.4 Å². The Balaban J connectivity index is 1.71. The Kier molecular flexibility index (Phi) is 3.23. The summed E-state index contributed by atoms with van der Waals surface area (Å²) in [5.74, 6) is 0.411. The van der Waals surface area contributed by atoms with Gasteiger partial charge in [-0.05, 0) is 12.0 Å². The maximum atomic E-state index is 12.2. The van der Waals surface area contributed by atoms with Crippen molar-refractivity contribution in [2.75, 3.05) is 13.1 Å². The molecule has 1 atom stereocenters. The van der Waals surface area contributed by atoms with Gasteiger partial charge in [-0.15, -0.1) is 0 Å². The van der Waals surface area contributed by atoms with Crippen LogP contribution in [0.4, 0.5) is 0 Å². The summed E-state index contributed by atoms with van der Waals surface area (Å²) in [5.41, 5.74) is 1.73. The van der Waals surface area contributed by atoms with Crippen LogP contribution in [0.2, 0.25) is 0 Å². The van der Waals surface area contributed by atoms with E-state index in [-0.39, 0.29) is 5.91 Å². The highest BCUT2D eigenvalue weighted by molar-refractivity contribution is 5.92. The van der Waals surface area contributed by atoms with Crippen LogP contribution in [0, 0.1) is 0 Å². The molecule has 4 heteroatoms. The van der Waals surface area contributed by atoms with E-state index in [0.717, 1.165) is 19.5 Å². The van der Waals surface area contributed by atoms with Crippen LogP contribution in [0.25, 0.3) is 0 Å². The fourth-order valence-corrected chi connectivity index (χ4v) is 2.51. The van der Waals surface area contributed by atoms with E-state index in [0.29, 0.717) is 11.6 Å². The van der Waals surface area contributed by atoms with Crippen LogP contribution in [0.1, 0.15) is 28.4 Å². The molecule has 2 heterocycles. The number of rotatable bonds is 2. The maximum Gasteiger partial charge on any atom is 0.274 e. The van der Waals surface area contributed by atoms with Crippen LogP contribution < -0.4 is 0 Å². The first kappa shape index (κ1) is 11.8. The summed E-state index contributed by atoms with van der Waals surface area (Å²) in [6.45, 7) is 1.55. The number of carbonyl (C=O) groups excluding carboxylic acids is 1. The normalized spacial score (nSPS) is 18.5. The SMILES string of the molecule is O=C(c1cnccn1)N1CC[C@H](c2ccccc2)C1. The smallest absolute Gasteiger partial charge is 0.274 e. The number of hydrogen-bond donors (Lipinski definition) is 0. The van der Waals surface area contributed by atoms with Crippen LogP contribution in [-0.2, 0) is 0 Å². The van der Waals surface area contributed by atoms with Gasteiger partial charge in [0.05, 0.1) is 6.20 Å². The number of aromatic nitrogens is 2. The second-order valence-electron chi connectivity index (χ2n) is 4.74. The summed E-state index contributed by atoms with van der Waals surface area (Å²) < 4.78 is 0. The summed E-state index contributed by atoms with van der Waals surface area (Å²) in [6, 6.07) is 10.4. The third kappa shape index (κ3) is 2.47. The molecule has 0 aliphatic carbocycles. The highest BCUT2D eigenvalue weighted by atomic mass is 16.2. The van der Waals surface area contributed by atoms with E-state index in [1.54, 1.807) is 12.4 Å². The van der Waals surface area contributed by atoms with Gasteiger partial charge in [0.2, 0.25) is 0 Å². The van der Waals surface area contributed by atoms with Gasteiger partial charge < -0.3 is 4.90 Å². The minimum Gasteiger partial charge on any atom is -0.337 e. The lowest BCUT2D eigenvalue weighted by Gasteiger charge is -2.15. The Morgan fingerprint density at radius 2 is 2.05 bits per heavy atom. The van der Waals surface area contributed by atoms with Crippen molar-refractivity contribution in [2.24, 2.45) is 0 Å². The Morgan fingerprint density at radius 3 is 2.79 bits per heavy atom. The van der Waals surface area contributed by atoms with Crippen LogP contribution in [0.5, 0.6) is 0 Å². The van der Waals surface area contributed by atoms with E-state index in [4.69, 9.17) is 0 Å². The standard InChI is InChI=1S/C15H15N3O/c19-15(14-10-16-7-8-17-14)18-9-6-13(11-18)12-4-2-1-3-5-12/h1-5,7-8,10,13H,6,9,11H2/t13-/m0/s1. The highest BCUT2D eigenvalue weighted by Crippen LogP contribution is 2.27. The van der Waals surface area contributed by atoms with Gasteiger partial charge in [0.1, 0.15) is 5.69 Å². The molecule has 1 amide bonds. The Morgan fingerprint density at radius 1 is 1.21 bits per heavy atom. The molecule has 0 saturated carbocycles. The first-order valence-electron chi connectivity index (χ1n) is 6.45. The van der Waals surface area contributed by atoms with E-state index in [1.807, 2.05) is 23.1 Å². The molecule has 0 spiro atoms. The number of nitrogens with zero attached hydrogens (tertiary/aromatic N) is 3. The molecule has 4 nitrogen and oxygen atoms in total. The molecule has 1 aliphatic heterocycles. The molecule has 2 aromatic rings. The molecule has 0 unspecified atom stereocenters. The van der Waals surface area contributed by atoms with E-state index in [1.165, 1.54) is 11.8 Å². The Labute approximate surface area is 112 Å². The first-order valence-corrected chi connectivity index (χ1v) is 6.45. The Hall–Kier alpha value is -2.23. The predicted molar refractivity (Wildman–Crippen MR) is 71.7 cm³/mol. The monoisotopic (exact) mass is 253 g/mol. The van der Waals surface area contributed by atoms with Gasteiger partial charge in [-0.25, -0.2) is 4.98 Å². The van der Waals surface area contributed by atoms with Crippen LogP contribution in [0.15, 0.2) is 48.9 Å². The average molecular weight is 253 g/mol. The summed E-state index contributed by atoms with van der Waals surface area (Å²) >= 11 is 0. The van der Waals surface area contributed by atoms with Crippen molar-refractivity contribution in [2.45, 2.75) is 12.3 Å². The summed E-state index contributed by atoms with van der Waals surface area (Å²) in [7, 11) is 0. The number of benzene rings is 1. The van der Waals surface area contributed by atoms with Crippen molar-refractivity contribution in [3.05, 3.63) is 60.2 Å². The van der Waals surface area contributed by atoms with Crippen LogP contribution in [-0.4, -0.2) is 33.9 Å². The fraction of sp³-hybridized carbons (Fsp3) is 0.267. The summed E-state index contributed by atoms with van der Waals surface area (Å²) in [5, 5.41) is 0. The number of amides is 1. The van der Waals surface area contributed by atoms with E-state index >= 15 is 0 Å². The minimum atomic E-state index is -0.0217. The lowest BCUT2D eigenvalue weighted by Crippen LogP contribution is -2.29. The van der Waals surface area contributed by atoms with Gasteiger partial charge in [0.15, 0.2) is 0 Å². The largest absolute Gasteiger partial charge is 0.337 e. The third-order valence-electron chi connectivity index (χ3n) is 3.53. The van der Waals surface area contributed by atoms with Crippen molar-refractivity contribution >= 4 is 5.91 Å². The summed E-state index contributed by atoms with van der Waals surface area (Å²) in [6.07, 6.45) is 5.67. The molecule has 1 aliphatic rings. The predicted octanol–water partition coefficient (Wildman–Crippen LogP) is 2.11. The zero-order valence-corrected chi connectivity index (χ0v) is 10.6. The molecule has 96 valence electrons. The Bertz CT molecular complexity index is 556. The molecule has 1 saturated heterocycles. The van der Waals surface area contributed by atoms with Crippen molar-refractivity contribution in [3.8, 4) is 0 Å². The first-order chi connectivity index (χ1) is 9.34. The van der Waals surface area contributed by atoms with Crippen molar-refractivity contribution in [1.29, 1.82) is 0 Å². The third-order valence-corrected chi connectivity index (χ3v) is 3.53. The van der Waals surface area contributed by atoms with Gasteiger partial charge in [-0.2, -0.15) is 0 Å². The van der Waals surface area contributed by atoms with Crippen molar-refractivity contribution < 1.29 is 4.79 Å². The highest BCUT2D eigenvalue weighted by Gasteiger charge is 2.28. The molecule has 1 aromatic carbocycles. The number of hydrogen-bond acceptors (Lipinski definition) is 3. The van der Waals surface area contributed by atoms with E-state index in [9.17, 15) is 4.79 Å². The topological polar surface area (TPSA) is 46.1 Å². The lowest BCUT2D eigenvalue weighted by atomic mass is 9.99. The van der Waals surface area contributed by atoms with Gasteiger partial charge >= 0.3 is 0 Å². The molecule has 1 aromatic heterocycles. The number of likely N-dealkylation sites (tertiary alicyclic amines) is 1. The minimum absolute atomic E-state index is 0.0217. The quantitative estimate of drug-likeness (QED) is 0.823. The van der Waals surface area contributed by atoms with Gasteiger partial charge in [0.25, 0.3) is 5.91 Å². The zero-order chi connectivity index (χ0) is 13.1. The average Bonchev–Trinajstić information content (AvgIpc) is 2.98. The van der Waals surface area contributed by atoms with Crippen LogP contribution in [0.3, 0.4) is 0 Å². The molecule has 1 fully saturated rings.